The van der Waals surface area contributed by atoms with Gasteiger partial charge in [-0.3, -0.25) is 4.79 Å². The Morgan fingerprint density at radius 3 is 2.57 bits per heavy atom. The first-order valence-electron chi connectivity index (χ1n) is 8.70. The standard InChI is InChI=1S/C22H16ClN3OS/c23-18-11-5-4-10-17(18)22-24-14-19(28-22)21(27)25-20-12-6-7-13-26(20)15-16-8-2-1-3-9-16/h1-14H,15H2. The second-order valence-electron chi connectivity index (χ2n) is 6.10. The molecule has 0 fully saturated rings. The van der Waals surface area contributed by atoms with Gasteiger partial charge in [0.1, 0.15) is 15.4 Å². The number of hydrogen-bond acceptors (Lipinski definition) is 3. The van der Waals surface area contributed by atoms with Gasteiger partial charge in [0.05, 0.1) is 11.2 Å². The zero-order chi connectivity index (χ0) is 19.3. The summed E-state index contributed by atoms with van der Waals surface area (Å²) in [5.41, 5.74) is 2.55. The van der Waals surface area contributed by atoms with Crippen molar-refractivity contribution in [2.75, 3.05) is 0 Å². The molecule has 138 valence electrons. The van der Waals surface area contributed by atoms with Crippen molar-refractivity contribution in [3.63, 3.8) is 0 Å². The van der Waals surface area contributed by atoms with Crippen LogP contribution in [-0.2, 0) is 6.54 Å². The van der Waals surface area contributed by atoms with Crippen molar-refractivity contribution in [1.82, 2.24) is 9.55 Å². The second-order valence-corrected chi connectivity index (χ2v) is 7.54. The van der Waals surface area contributed by atoms with Crippen molar-refractivity contribution in [3.8, 4) is 10.6 Å². The zero-order valence-electron chi connectivity index (χ0n) is 14.8. The molecule has 0 N–H and O–H groups in total. The van der Waals surface area contributed by atoms with Crippen LogP contribution in [0.2, 0.25) is 5.02 Å². The lowest BCUT2D eigenvalue weighted by molar-refractivity contribution is 0.100. The highest BCUT2D eigenvalue weighted by Gasteiger charge is 2.13. The van der Waals surface area contributed by atoms with Gasteiger partial charge in [0.25, 0.3) is 5.91 Å². The van der Waals surface area contributed by atoms with Crippen molar-refractivity contribution in [1.29, 1.82) is 0 Å². The number of rotatable bonds is 4. The second kappa shape index (κ2) is 8.33. The SMILES string of the molecule is O=C(N=c1ccccn1Cc1ccccc1)c1cnc(-c2ccccc2Cl)s1. The third kappa shape index (κ3) is 4.11. The summed E-state index contributed by atoms with van der Waals surface area (Å²) in [7, 11) is 0. The fourth-order valence-corrected chi connectivity index (χ4v) is 3.90. The molecule has 0 aliphatic carbocycles. The Labute approximate surface area is 171 Å². The number of benzene rings is 2. The van der Waals surface area contributed by atoms with E-state index in [0.29, 0.717) is 26.9 Å². The predicted octanol–water partition coefficient (Wildman–Crippen LogP) is 5.05. The van der Waals surface area contributed by atoms with Crippen LogP contribution in [0.15, 0.2) is 90.2 Å². The van der Waals surface area contributed by atoms with Gasteiger partial charge in [-0.2, -0.15) is 4.99 Å². The summed E-state index contributed by atoms with van der Waals surface area (Å²) in [6, 6.07) is 23.1. The molecule has 1 amide bonds. The molecule has 4 nitrogen and oxygen atoms in total. The Balaban J connectivity index is 1.64. The van der Waals surface area contributed by atoms with Gasteiger partial charge in [-0.1, -0.05) is 66.2 Å². The van der Waals surface area contributed by atoms with Gasteiger partial charge in [-0.05, 0) is 23.8 Å². The summed E-state index contributed by atoms with van der Waals surface area (Å²) < 4.78 is 1.95. The Bertz CT molecular complexity index is 1180. The zero-order valence-corrected chi connectivity index (χ0v) is 16.4. The average Bonchev–Trinajstić information content (AvgIpc) is 3.21. The van der Waals surface area contributed by atoms with E-state index in [9.17, 15) is 4.79 Å². The van der Waals surface area contributed by atoms with E-state index in [1.54, 1.807) is 12.3 Å². The Hall–Kier alpha value is -3.02. The average molecular weight is 406 g/mol. The first kappa shape index (κ1) is 18.3. The normalized spacial score (nSPS) is 11.5. The summed E-state index contributed by atoms with van der Waals surface area (Å²) >= 11 is 7.52. The molecule has 4 rings (SSSR count). The molecule has 6 heteroatoms. The number of pyridine rings is 1. The fourth-order valence-electron chi connectivity index (χ4n) is 2.77. The third-order valence-corrected chi connectivity index (χ3v) is 5.50. The quantitative estimate of drug-likeness (QED) is 0.476. The van der Waals surface area contributed by atoms with Crippen LogP contribution >= 0.6 is 22.9 Å². The highest BCUT2D eigenvalue weighted by Crippen LogP contribution is 2.31. The lowest BCUT2D eigenvalue weighted by Crippen LogP contribution is -2.21. The van der Waals surface area contributed by atoms with Crippen LogP contribution in [-0.4, -0.2) is 15.5 Å². The molecule has 0 atom stereocenters. The minimum Gasteiger partial charge on any atom is -0.328 e. The van der Waals surface area contributed by atoms with Crippen LogP contribution in [0.4, 0.5) is 0 Å². The molecule has 0 spiro atoms. The number of nitrogens with zero attached hydrogens (tertiary/aromatic N) is 3. The van der Waals surface area contributed by atoms with Gasteiger partial charge < -0.3 is 4.57 Å². The molecular formula is C22H16ClN3OS. The van der Waals surface area contributed by atoms with E-state index >= 15 is 0 Å². The van der Waals surface area contributed by atoms with Crippen molar-refractivity contribution in [2.24, 2.45) is 4.99 Å². The molecule has 0 unspecified atom stereocenters. The number of carbonyl (C=O) groups is 1. The van der Waals surface area contributed by atoms with Crippen LogP contribution in [0.1, 0.15) is 15.2 Å². The molecule has 0 aliphatic rings. The van der Waals surface area contributed by atoms with Crippen molar-refractivity contribution in [2.45, 2.75) is 6.54 Å². The Morgan fingerprint density at radius 2 is 1.75 bits per heavy atom. The first-order valence-corrected chi connectivity index (χ1v) is 9.89. The maximum Gasteiger partial charge on any atom is 0.290 e. The molecule has 0 radical (unpaired) electrons. The van der Waals surface area contributed by atoms with Crippen LogP contribution in [0, 0.1) is 0 Å². The Kier molecular flexibility index (Phi) is 5.46. The van der Waals surface area contributed by atoms with E-state index < -0.39 is 0 Å². The minimum absolute atomic E-state index is 0.316. The molecule has 0 aliphatic heterocycles. The number of hydrogen-bond donors (Lipinski definition) is 0. The summed E-state index contributed by atoms with van der Waals surface area (Å²) in [6.45, 7) is 0.640. The third-order valence-electron chi connectivity index (χ3n) is 4.15. The number of aromatic nitrogens is 2. The first-order chi connectivity index (χ1) is 13.7. The summed E-state index contributed by atoms with van der Waals surface area (Å²) in [5.74, 6) is -0.316. The van der Waals surface area contributed by atoms with Crippen LogP contribution in [0.3, 0.4) is 0 Å². The number of thiazole rings is 1. The van der Waals surface area contributed by atoms with Gasteiger partial charge in [-0.15, -0.1) is 11.3 Å². The molecule has 4 aromatic rings. The monoisotopic (exact) mass is 405 g/mol. The molecular weight excluding hydrogens is 390 g/mol. The van der Waals surface area contributed by atoms with Crippen molar-refractivity contribution >= 4 is 28.8 Å². The highest BCUT2D eigenvalue weighted by atomic mass is 35.5. The van der Waals surface area contributed by atoms with Gasteiger partial charge in [-0.25, -0.2) is 4.98 Å². The molecule has 2 aromatic carbocycles. The maximum absolute atomic E-state index is 12.7. The number of amides is 1. The number of halogens is 1. The Morgan fingerprint density at radius 1 is 1.00 bits per heavy atom. The van der Waals surface area contributed by atoms with E-state index in [0.717, 1.165) is 11.1 Å². The molecule has 0 bridgehead atoms. The largest absolute Gasteiger partial charge is 0.328 e. The van der Waals surface area contributed by atoms with E-state index in [2.05, 4.69) is 9.98 Å². The van der Waals surface area contributed by atoms with Gasteiger partial charge in [0, 0.05) is 18.3 Å². The van der Waals surface area contributed by atoms with Gasteiger partial charge >= 0.3 is 0 Å². The maximum atomic E-state index is 12.7. The van der Waals surface area contributed by atoms with Crippen molar-refractivity contribution < 1.29 is 4.79 Å². The predicted molar refractivity (Wildman–Crippen MR) is 112 cm³/mol. The fraction of sp³-hybridized carbons (Fsp3) is 0.0455. The van der Waals surface area contributed by atoms with Crippen molar-refractivity contribution in [3.05, 3.63) is 106 Å². The number of carbonyl (C=O) groups excluding carboxylic acids is 1. The smallest absolute Gasteiger partial charge is 0.290 e. The van der Waals surface area contributed by atoms with Gasteiger partial charge in [0.15, 0.2) is 0 Å². The van der Waals surface area contributed by atoms with Crippen LogP contribution in [0.5, 0.6) is 0 Å². The highest BCUT2D eigenvalue weighted by molar-refractivity contribution is 7.17. The van der Waals surface area contributed by atoms with E-state index in [1.807, 2.05) is 77.5 Å². The summed E-state index contributed by atoms with van der Waals surface area (Å²) in [5, 5.41) is 1.31. The van der Waals surface area contributed by atoms with Crippen LogP contribution < -0.4 is 5.49 Å². The molecule has 2 heterocycles. The molecule has 0 saturated carbocycles. The molecule has 28 heavy (non-hydrogen) atoms. The van der Waals surface area contributed by atoms with Gasteiger partial charge in [0.2, 0.25) is 0 Å². The minimum atomic E-state index is -0.316. The molecule has 0 saturated heterocycles. The van der Waals surface area contributed by atoms with E-state index in [-0.39, 0.29) is 5.91 Å². The summed E-state index contributed by atoms with van der Waals surface area (Å²) in [6.07, 6.45) is 3.47. The lowest BCUT2D eigenvalue weighted by Gasteiger charge is -2.07. The molecule has 2 aromatic heterocycles. The topological polar surface area (TPSA) is 47.2 Å². The van der Waals surface area contributed by atoms with Crippen LogP contribution in [0.25, 0.3) is 10.6 Å². The lowest BCUT2D eigenvalue weighted by atomic mass is 10.2. The van der Waals surface area contributed by atoms with E-state index in [4.69, 9.17) is 11.6 Å². The van der Waals surface area contributed by atoms with E-state index in [1.165, 1.54) is 11.3 Å². The summed E-state index contributed by atoms with van der Waals surface area (Å²) in [4.78, 5) is 21.8.